The van der Waals surface area contributed by atoms with E-state index in [-0.39, 0.29) is 24.5 Å². The highest BCUT2D eigenvalue weighted by molar-refractivity contribution is 6.04. The fourth-order valence-electron chi connectivity index (χ4n) is 3.68. The predicted octanol–water partition coefficient (Wildman–Crippen LogP) is 2.60. The molecule has 2 heterocycles. The number of aromatic nitrogens is 1. The summed E-state index contributed by atoms with van der Waals surface area (Å²) in [5.74, 6) is -0.707. The third-order valence-electron chi connectivity index (χ3n) is 5.14. The van der Waals surface area contributed by atoms with Crippen molar-refractivity contribution < 1.29 is 23.9 Å². The van der Waals surface area contributed by atoms with Crippen LogP contribution in [0.3, 0.4) is 0 Å². The molecule has 0 aliphatic carbocycles. The second-order valence-corrected chi connectivity index (χ2v) is 8.60. The molecule has 29 heavy (non-hydrogen) atoms. The molecule has 2 amide bonds. The van der Waals surface area contributed by atoms with Gasteiger partial charge in [0.2, 0.25) is 0 Å². The lowest BCUT2D eigenvalue weighted by atomic mass is 10.0. The van der Waals surface area contributed by atoms with Crippen LogP contribution in [0.15, 0.2) is 0 Å². The molecule has 1 aromatic heterocycles. The summed E-state index contributed by atoms with van der Waals surface area (Å²) in [5.41, 5.74) is 1.61. The number of hydrogen-bond acceptors (Lipinski definition) is 5. The zero-order valence-corrected chi connectivity index (χ0v) is 18.5. The van der Waals surface area contributed by atoms with Gasteiger partial charge in [-0.25, -0.2) is 9.59 Å². The fourth-order valence-corrected chi connectivity index (χ4v) is 3.68. The first-order valence-electron chi connectivity index (χ1n) is 9.92. The lowest BCUT2D eigenvalue weighted by molar-refractivity contribution is 0.0588. The molecule has 0 aromatic carbocycles. The van der Waals surface area contributed by atoms with Crippen molar-refractivity contribution in [3.05, 3.63) is 22.5 Å². The molecule has 1 aliphatic heterocycles. The number of nitrogens with one attached hydrogen (secondary N) is 1. The predicted molar refractivity (Wildman–Crippen MR) is 109 cm³/mol. The highest BCUT2D eigenvalue weighted by atomic mass is 16.5. The molecule has 0 saturated carbocycles. The van der Waals surface area contributed by atoms with Crippen molar-refractivity contribution in [2.24, 2.45) is 7.05 Å². The monoisotopic (exact) mass is 407 g/mol. The first-order valence-corrected chi connectivity index (χ1v) is 9.92. The Labute approximate surface area is 172 Å². The molecular weight excluding hydrogens is 374 g/mol. The average molecular weight is 408 g/mol. The van der Waals surface area contributed by atoms with E-state index in [1.807, 2.05) is 20.8 Å². The second kappa shape index (κ2) is 8.98. The molecule has 2 rings (SSSR count). The van der Waals surface area contributed by atoms with Crippen LogP contribution in [0.2, 0.25) is 0 Å². The topological polar surface area (TPSA) is 89.9 Å². The molecule has 1 aromatic rings. The van der Waals surface area contributed by atoms with E-state index in [9.17, 15) is 14.4 Å². The Balaban J connectivity index is 2.29. The average Bonchev–Trinajstić information content (AvgIpc) is 3.19. The van der Waals surface area contributed by atoms with E-state index in [1.165, 1.54) is 12.0 Å². The van der Waals surface area contributed by atoms with Gasteiger partial charge in [0.25, 0.3) is 0 Å². The maximum Gasteiger partial charge on any atom is 0.354 e. The number of esters is 1. The summed E-state index contributed by atoms with van der Waals surface area (Å²) in [7, 11) is 3.04. The number of Topliss-reactive ketones (excluding diaryl/α,β-unsaturated/α-hetero) is 1. The number of rotatable bonds is 6. The molecule has 0 radical (unpaired) electrons. The van der Waals surface area contributed by atoms with Gasteiger partial charge in [0, 0.05) is 37.0 Å². The molecule has 1 unspecified atom stereocenters. The standard InChI is InChI=1S/C21H33N3O5/c1-13-17(14(2)23(6)18(13)19(26)28-7)16(25)12-24(11-15-9-8-10-29-15)20(27)22-21(3,4)5/h15H,8-12H2,1-7H3,(H,22,27). The van der Waals surface area contributed by atoms with E-state index in [0.717, 1.165) is 12.8 Å². The van der Waals surface area contributed by atoms with Gasteiger partial charge in [-0.3, -0.25) is 4.79 Å². The van der Waals surface area contributed by atoms with Gasteiger partial charge in [0.05, 0.1) is 19.8 Å². The van der Waals surface area contributed by atoms with Crippen molar-refractivity contribution in [1.82, 2.24) is 14.8 Å². The Morgan fingerprint density at radius 2 is 1.93 bits per heavy atom. The van der Waals surface area contributed by atoms with Gasteiger partial charge in [-0.05, 0) is 53.0 Å². The number of ether oxygens (including phenoxy) is 2. The number of hydrogen-bond donors (Lipinski definition) is 1. The van der Waals surface area contributed by atoms with Crippen LogP contribution in [0.5, 0.6) is 0 Å². The molecule has 8 heteroatoms. The van der Waals surface area contributed by atoms with Crippen LogP contribution in [0, 0.1) is 13.8 Å². The number of methoxy groups -OCH3 is 1. The van der Waals surface area contributed by atoms with Crippen molar-refractivity contribution >= 4 is 17.8 Å². The van der Waals surface area contributed by atoms with E-state index >= 15 is 0 Å². The van der Waals surface area contributed by atoms with Crippen molar-refractivity contribution in [2.75, 3.05) is 26.8 Å². The Hall–Kier alpha value is -2.35. The summed E-state index contributed by atoms with van der Waals surface area (Å²) < 4.78 is 12.2. The third-order valence-corrected chi connectivity index (χ3v) is 5.14. The van der Waals surface area contributed by atoms with E-state index < -0.39 is 11.5 Å². The second-order valence-electron chi connectivity index (χ2n) is 8.60. The fraction of sp³-hybridized carbons (Fsp3) is 0.667. The Bertz CT molecular complexity index is 785. The minimum absolute atomic E-state index is 0.0721. The minimum Gasteiger partial charge on any atom is -0.464 e. The number of carbonyl (C=O) groups is 3. The zero-order chi connectivity index (χ0) is 21.9. The number of carbonyl (C=O) groups excluding carboxylic acids is 3. The SMILES string of the molecule is COC(=O)c1c(C)c(C(=O)CN(CC2CCCO2)C(=O)NC(C)(C)C)c(C)n1C. The summed E-state index contributed by atoms with van der Waals surface area (Å²) in [6, 6.07) is -0.305. The first-order chi connectivity index (χ1) is 13.5. The molecule has 0 spiro atoms. The molecular formula is C21H33N3O5. The van der Waals surface area contributed by atoms with Crippen molar-refractivity contribution in [3.8, 4) is 0 Å². The molecule has 1 fully saturated rings. The van der Waals surface area contributed by atoms with Crippen LogP contribution in [-0.2, 0) is 16.5 Å². The Kier molecular flexibility index (Phi) is 7.11. The zero-order valence-electron chi connectivity index (χ0n) is 18.5. The van der Waals surface area contributed by atoms with Crippen molar-refractivity contribution in [2.45, 2.75) is 59.1 Å². The molecule has 1 saturated heterocycles. The maximum atomic E-state index is 13.2. The summed E-state index contributed by atoms with van der Waals surface area (Å²) in [6.45, 7) is 10.1. The molecule has 8 nitrogen and oxygen atoms in total. The van der Waals surface area contributed by atoms with Crippen LogP contribution < -0.4 is 5.32 Å². The molecule has 1 N–H and O–H groups in total. The van der Waals surface area contributed by atoms with Crippen molar-refractivity contribution in [1.29, 1.82) is 0 Å². The lowest BCUT2D eigenvalue weighted by Gasteiger charge is -2.29. The molecule has 0 bridgehead atoms. The van der Waals surface area contributed by atoms with Crippen LogP contribution in [-0.4, -0.2) is 65.7 Å². The third kappa shape index (κ3) is 5.38. The van der Waals surface area contributed by atoms with E-state index in [2.05, 4.69) is 5.32 Å². The van der Waals surface area contributed by atoms with Crippen LogP contribution in [0.25, 0.3) is 0 Å². The van der Waals surface area contributed by atoms with Crippen LogP contribution in [0.4, 0.5) is 4.79 Å². The number of ketones is 1. The van der Waals surface area contributed by atoms with Gasteiger partial charge in [-0.15, -0.1) is 0 Å². The molecule has 162 valence electrons. The van der Waals surface area contributed by atoms with Crippen LogP contribution >= 0.6 is 0 Å². The largest absolute Gasteiger partial charge is 0.464 e. The number of amides is 2. The van der Waals surface area contributed by atoms with Crippen LogP contribution in [0.1, 0.15) is 65.7 Å². The highest BCUT2D eigenvalue weighted by Crippen LogP contribution is 2.23. The Morgan fingerprint density at radius 3 is 2.45 bits per heavy atom. The van der Waals surface area contributed by atoms with Crippen molar-refractivity contribution in [3.63, 3.8) is 0 Å². The smallest absolute Gasteiger partial charge is 0.354 e. The summed E-state index contributed by atoms with van der Waals surface area (Å²) >= 11 is 0. The van der Waals surface area contributed by atoms with Gasteiger partial charge in [-0.2, -0.15) is 0 Å². The Morgan fingerprint density at radius 1 is 1.28 bits per heavy atom. The van der Waals surface area contributed by atoms with E-state index in [0.29, 0.717) is 35.7 Å². The van der Waals surface area contributed by atoms with Gasteiger partial charge < -0.3 is 24.3 Å². The molecule has 1 atom stereocenters. The number of nitrogens with zero attached hydrogens (tertiary/aromatic N) is 2. The summed E-state index contributed by atoms with van der Waals surface area (Å²) in [6.07, 6.45) is 1.74. The van der Waals surface area contributed by atoms with Gasteiger partial charge >= 0.3 is 12.0 Å². The van der Waals surface area contributed by atoms with Gasteiger partial charge in [0.1, 0.15) is 5.69 Å². The van der Waals surface area contributed by atoms with Gasteiger partial charge in [0.15, 0.2) is 5.78 Å². The number of urea groups is 1. The summed E-state index contributed by atoms with van der Waals surface area (Å²) in [4.78, 5) is 39.6. The van der Waals surface area contributed by atoms with E-state index in [1.54, 1.807) is 25.5 Å². The van der Waals surface area contributed by atoms with E-state index in [4.69, 9.17) is 9.47 Å². The maximum absolute atomic E-state index is 13.2. The lowest BCUT2D eigenvalue weighted by Crippen LogP contribution is -2.51. The quantitative estimate of drug-likeness (QED) is 0.578. The minimum atomic E-state index is -0.492. The van der Waals surface area contributed by atoms with Gasteiger partial charge in [-0.1, -0.05) is 0 Å². The molecule has 1 aliphatic rings. The summed E-state index contributed by atoms with van der Waals surface area (Å²) in [5, 5.41) is 2.92. The normalized spacial score (nSPS) is 16.6. The highest BCUT2D eigenvalue weighted by Gasteiger charge is 2.30. The first kappa shape index (κ1) is 22.9.